The maximum atomic E-state index is 12.7. The van der Waals surface area contributed by atoms with Crippen LogP contribution in [0.25, 0.3) is 0 Å². The van der Waals surface area contributed by atoms with Crippen molar-refractivity contribution in [3.63, 3.8) is 0 Å². The van der Waals surface area contributed by atoms with E-state index in [1.165, 1.54) is 11.8 Å². The summed E-state index contributed by atoms with van der Waals surface area (Å²) < 4.78 is 21.3. The largest absolute Gasteiger partial charge is 0.394 e. The van der Waals surface area contributed by atoms with Crippen LogP contribution in [0.15, 0.2) is 0 Å². The normalized spacial score (nSPS) is 30.1. The first-order chi connectivity index (χ1) is 23.3. The van der Waals surface area contributed by atoms with Crippen molar-refractivity contribution in [1.82, 2.24) is 26.2 Å². The first kappa shape index (κ1) is 42.6. The van der Waals surface area contributed by atoms with Gasteiger partial charge < -0.3 is 76.0 Å². The number of nitrogens with zero attached hydrogens (tertiary/aromatic N) is 1. The number of nitrogens with one attached hydrogen (secondary N) is 4. The molecule has 0 unspecified atom stereocenters. The fraction of sp³-hybridized carbons (Fsp3) is 0.862. The van der Waals surface area contributed by atoms with E-state index in [1.807, 2.05) is 0 Å². The monoisotopic (exact) mass is 711 g/mol. The number of amides is 4. The topological polar surface area (TPSA) is 298 Å². The Bertz CT molecular complexity index is 1030. The minimum absolute atomic E-state index is 0.0456. The summed E-state index contributed by atoms with van der Waals surface area (Å²) in [5, 5.41) is 79.2. The zero-order valence-corrected chi connectivity index (χ0v) is 27.8. The van der Waals surface area contributed by atoms with E-state index in [4.69, 9.17) is 18.9 Å². The van der Waals surface area contributed by atoms with Crippen molar-refractivity contribution in [1.29, 1.82) is 0 Å². The predicted molar refractivity (Wildman–Crippen MR) is 166 cm³/mol. The number of rotatable bonds is 21. The molecule has 284 valence electrons. The highest BCUT2D eigenvalue weighted by molar-refractivity contribution is 5.84. The van der Waals surface area contributed by atoms with Crippen molar-refractivity contribution in [3.8, 4) is 0 Å². The molecule has 2 aliphatic rings. The zero-order valence-electron chi connectivity index (χ0n) is 27.8. The van der Waals surface area contributed by atoms with Crippen LogP contribution in [-0.4, -0.2) is 192 Å². The van der Waals surface area contributed by atoms with Gasteiger partial charge in [0.2, 0.25) is 23.6 Å². The molecule has 0 spiro atoms. The molecule has 0 aromatic carbocycles. The first-order valence-electron chi connectivity index (χ1n) is 16.2. The van der Waals surface area contributed by atoms with E-state index in [2.05, 4.69) is 21.3 Å². The van der Waals surface area contributed by atoms with Crippen molar-refractivity contribution >= 4 is 23.6 Å². The van der Waals surface area contributed by atoms with E-state index < -0.39 is 85.7 Å². The van der Waals surface area contributed by atoms with E-state index in [1.54, 1.807) is 7.05 Å². The molecule has 2 aliphatic heterocycles. The van der Waals surface area contributed by atoms with E-state index >= 15 is 0 Å². The molecule has 4 amide bonds. The van der Waals surface area contributed by atoms with Gasteiger partial charge in [-0.25, -0.2) is 0 Å². The predicted octanol–water partition coefficient (Wildman–Crippen LogP) is -6.40. The molecule has 0 aromatic heterocycles. The lowest BCUT2D eigenvalue weighted by atomic mass is 9.99. The Morgan fingerprint density at radius 1 is 0.633 bits per heavy atom. The van der Waals surface area contributed by atoms with Crippen LogP contribution in [0.3, 0.4) is 0 Å². The summed E-state index contributed by atoms with van der Waals surface area (Å²) in [6.07, 6.45) is -11.3. The van der Waals surface area contributed by atoms with Crippen molar-refractivity contribution < 1.29 is 73.9 Å². The molecule has 20 nitrogen and oxygen atoms in total. The highest BCUT2D eigenvalue weighted by Crippen LogP contribution is 2.22. The summed E-state index contributed by atoms with van der Waals surface area (Å²) in [4.78, 5) is 50.6. The average Bonchev–Trinajstić information content (AvgIpc) is 3.07. The van der Waals surface area contributed by atoms with Crippen LogP contribution in [-0.2, 0) is 38.1 Å². The molecule has 49 heavy (non-hydrogen) atoms. The summed E-state index contributed by atoms with van der Waals surface area (Å²) in [6.45, 7) is -0.301. The summed E-state index contributed by atoms with van der Waals surface area (Å²) in [5.74, 6) is -1.65. The van der Waals surface area contributed by atoms with Crippen LogP contribution in [0.5, 0.6) is 0 Å². The van der Waals surface area contributed by atoms with Crippen LogP contribution in [0.1, 0.15) is 32.6 Å². The van der Waals surface area contributed by atoms with Crippen molar-refractivity contribution in [2.45, 2.75) is 94.0 Å². The van der Waals surface area contributed by atoms with Gasteiger partial charge in [0.15, 0.2) is 12.6 Å². The third-order valence-electron chi connectivity index (χ3n) is 7.85. The second-order valence-electron chi connectivity index (χ2n) is 11.8. The van der Waals surface area contributed by atoms with Crippen molar-refractivity contribution in [2.75, 3.05) is 66.1 Å². The Hall–Kier alpha value is -2.60. The molecule has 0 aromatic rings. The van der Waals surface area contributed by atoms with Crippen LogP contribution < -0.4 is 21.3 Å². The Balaban J connectivity index is 1.82. The molecule has 0 radical (unpaired) electrons. The number of carbonyl (C=O) groups is 4. The van der Waals surface area contributed by atoms with E-state index in [0.717, 1.165) is 0 Å². The van der Waals surface area contributed by atoms with Crippen LogP contribution in [0.4, 0.5) is 0 Å². The maximum Gasteiger partial charge on any atom is 0.234 e. The standard InChI is InChI=1S/C29H53N5O15/c1-16-22(40)24(42)26(44)28(48-16)46-10-8-32-20(38)13-34(12-19(37)31-7-5-3-4-6-18(36)30-2)14-21(39)33-9-11-47-29-27(45)25(43)23(41)17(15-35)49-29/h16-17,22-29,35,40-45H,3-15H2,1-2H3,(H,30,36)(H,31,37)(H,32,38)(H,33,39)/t16-,17+,22+,23+,24+,25-,26-,27-,28+,29+/m0/s1. The number of aliphatic hydroxyl groups is 7. The van der Waals surface area contributed by atoms with Gasteiger partial charge in [-0.1, -0.05) is 6.42 Å². The SMILES string of the molecule is CNC(=O)CCCCCNC(=O)CN(CC(=O)NCCO[C@@H]1O[C@H](CO)[C@@H](O)[C@H](O)[C@@H]1O)CC(=O)NCCO[C@@H]1O[C@@H](C)[C@@H](O)[C@@H](O)[C@@H]1O. The van der Waals surface area contributed by atoms with E-state index in [9.17, 15) is 54.9 Å². The third-order valence-corrected chi connectivity index (χ3v) is 7.85. The van der Waals surface area contributed by atoms with Gasteiger partial charge in [-0.2, -0.15) is 0 Å². The number of ether oxygens (including phenoxy) is 4. The molecular weight excluding hydrogens is 658 g/mol. The molecule has 20 heteroatoms. The van der Waals surface area contributed by atoms with Gasteiger partial charge in [0.05, 0.1) is 45.6 Å². The number of hydrogen-bond acceptors (Lipinski definition) is 16. The van der Waals surface area contributed by atoms with Gasteiger partial charge in [0, 0.05) is 33.1 Å². The van der Waals surface area contributed by atoms with Crippen molar-refractivity contribution in [2.24, 2.45) is 0 Å². The van der Waals surface area contributed by atoms with Crippen molar-refractivity contribution in [3.05, 3.63) is 0 Å². The van der Waals surface area contributed by atoms with Gasteiger partial charge in [0.25, 0.3) is 0 Å². The Morgan fingerprint density at radius 2 is 1.12 bits per heavy atom. The second-order valence-corrected chi connectivity index (χ2v) is 11.8. The maximum absolute atomic E-state index is 12.7. The fourth-order valence-electron chi connectivity index (χ4n) is 4.97. The molecule has 10 atom stereocenters. The van der Waals surface area contributed by atoms with Gasteiger partial charge in [0.1, 0.15) is 42.7 Å². The van der Waals surface area contributed by atoms with Gasteiger partial charge >= 0.3 is 0 Å². The Morgan fingerprint density at radius 3 is 1.63 bits per heavy atom. The van der Waals surface area contributed by atoms with Crippen LogP contribution in [0, 0.1) is 0 Å². The zero-order chi connectivity index (χ0) is 36.5. The number of aliphatic hydroxyl groups excluding tert-OH is 7. The first-order valence-corrected chi connectivity index (χ1v) is 16.2. The lowest BCUT2D eigenvalue weighted by Crippen LogP contribution is -2.59. The number of carbonyl (C=O) groups excluding carboxylic acids is 4. The molecule has 2 heterocycles. The van der Waals surface area contributed by atoms with E-state index in [-0.39, 0.29) is 51.8 Å². The summed E-state index contributed by atoms with van der Waals surface area (Å²) in [5.41, 5.74) is 0. The highest BCUT2D eigenvalue weighted by atomic mass is 16.7. The molecule has 2 saturated heterocycles. The Labute approximate surface area is 284 Å². The van der Waals surface area contributed by atoms with E-state index in [0.29, 0.717) is 32.2 Å². The third kappa shape index (κ3) is 14.7. The summed E-state index contributed by atoms with van der Waals surface area (Å²) >= 11 is 0. The molecule has 0 aliphatic carbocycles. The van der Waals surface area contributed by atoms with Gasteiger partial charge in [-0.05, 0) is 19.8 Å². The summed E-state index contributed by atoms with van der Waals surface area (Å²) in [6, 6.07) is 0. The molecule has 11 N–H and O–H groups in total. The molecule has 0 saturated carbocycles. The lowest BCUT2D eigenvalue weighted by molar-refractivity contribution is -0.300. The molecule has 2 fully saturated rings. The average molecular weight is 712 g/mol. The molecule has 0 bridgehead atoms. The van der Waals surface area contributed by atoms with Crippen LogP contribution in [0.2, 0.25) is 0 Å². The smallest absolute Gasteiger partial charge is 0.234 e. The van der Waals surface area contributed by atoms with Crippen LogP contribution >= 0.6 is 0 Å². The number of hydrogen-bond donors (Lipinski definition) is 11. The molecule has 2 rings (SSSR count). The second kappa shape index (κ2) is 22.3. The number of unbranched alkanes of at least 4 members (excludes halogenated alkanes) is 2. The fourth-order valence-corrected chi connectivity index (χ4v) is 4.97. The summed E-state index contributed by atoms with van der Waals surface area (Å²) in [7, 11) is 1.55. The quantitative estimate of drug-likeness (QED) is 0.0494. The highest BCUT2D eigenvalue weighted by Gasteiger charge is 2.44. The Kier molecular flexibility index (Phi) is 19.3. The minimum atomic E-state index is -1.62. The van der Waals surface area contributed by atoms with Gasteiger partial charge in [-0.3, -0.25) is 24.1 Å². The lowest BCUT2D eigenvalue weighted by Gasteiger charge is -2.39. The molecular formula is C29H53N5O15. The minimum Gasteiger partial charge on any atom is -0.394 e. The van der Waals surface area contributed by atoms with Gasteiger partial charge in [-0.15, -0.1) is 0 Å².